The summed E-state index contributed by atoms with van der Waals surface area (Å²) in [5.41, 5.74) is 0.379. The number of rotatable bonds is 5. The summed E-state index contributed by atoms with van der Waals surface area (Å²) < 4.78 is 10.0. The maximum atomic E-state index is 12.4. The van der Waals surface area contributed by atoms with Crippen LogP contribution in [-0.4, -0.2) is 60.6 Å². The van der Waals surface area contributed by atoms with Gasteiger partial charge in [-0.05, 0) is 37.3 Å². The predicted molar refractivity (Wildman–Crippen MR) is 97.8 cm³/mol. The van der Waals surface area contributed by atoms with Crippen molar-refractivity contribution >= 4 is 35.1 Å². The van der Waals surface area contributed by atoms with Gasteiger partial charge in [-0.15, -0.1) is 0 Å². The Morgan fingerprint density at radius 3 is 2.88 bits per heavy atom. The molecule has 1 aliphatic heterocycles. The Hall–Kier alpha value is -2.68. The maximum absolute atomic E-state index is 12.4. The third-order valence-corrected chi connectivity index (χ3v) is 4.14. The molecule has 2 rings (SSSR count). The molecule has 0 saturated carbocycles. The molecule has 2 N–H and O–H groups in total. The molecule has 1 atom stereocenters. The number of benzene rings is 1. The molecule has 1 aromatic rings. The lowest BCUT2D eigenvalue weighted by atomic mass is 10.1. The van der Waals surface area contributed by atoms with Gasteiger partial charge in [0.1, 0.15) is 11.8 Å². The van der Waals surface area contributed by atoms with E-state index in [4.69, 9.17) is 17.0 Å². The highest BCUT2D eigenvalue weighted by molar-refractivity contribution is 7.80. The number of amides is 2. The SMILES string of the molecule is CCOc1cccc(C(=O)NC(=S)N2CCNC(=O)[C@H]2CC(=O)OC)c1. The molecule has 1 heterocycles. The smallest absolute Gasteiger partial charge is 0.308 e. The minimum atomic E-state index is -0.821. The molecule has 1 fully saturated rings. The van der Waals surface area contributed by atoms with Crippen molar-refractivity contribution < 1.29 is 23.9 Å². The van der Waals surface area contributed by atoms with Crippen LogP contribution in [0, 0.1) is 0 Å². The summed E-state index contributed by atoms with van der Waals surface area (Å²) in [5, 5.41) is 5.37. The van der Waals surface area contributed by atoms with Crippen molar-refractivity contribution in [3.8, 4) is 5.75 Å². The molecule has 8 nitrogen and oxygen atoms in total. The van der Waals surface area contributed by atoms with Gasteiger partial charge in [0, 0.05) is 18.7 Å². The minimum Gasteiger partial charge on any atom is -0.494 e. The third-order valence-electron chi connectivity index (χ3n) is 3.81. The van der Waals surface area contributed by atoms with Crippen LogP contribution in [0.25, 0.3) is 0 Å². The molecule has 0 aliphatic carbocycles. The van der Waals surface area contributed by atoms with Gasteiger partial charge in [0.15, 0.2) is 5.11 Å². The zero-order valence-corrected chi connectivity index (χ0v) is 15.4. The van der Waals surface area contributed by atoms with E-state index >= 15 is 0 Å². The van der Waals surface area contributed by atoms with E-state index in [2.05, 4.69) is 15.4 Å². The Labute approximate surface area is 156 Å². The van der Waals surface area contributed by atoms with Crippen molar-refractivity contribution in [3.05, 3.63) is 29.8 Å². The molecule has 1 saturated heterocycles. The number of methoxy groups -OCH3 is 1. The van der Waals surface area contributed by atoms with Gasteiger partial charge in [0.25, 0.3) is 5.91 Å². The lowest BCUT2D eigenvalue weighted by Gasteiger charge is -2.36. The number of piperazine rings is 1. The van der Waals surface area contributed by atoms with Crippen LogP contribution in [0.1, 0.15) is 23.7 Å². The molecule has 0 spiro atoms. The first kappa shape index (κ1) is 19.6. The van der Waals surface area contributed by atoms with Crippen LogP contribution in [0.15, 0.2) is 24.3 Å². The van der Waals surface area contributed by atoms with Crippen molar-refractivity contribution in [2.24, 2.45) is 0 Å². The summed E-state index contributed by atoms with van der Waals surface area (Å²) >= 11 is 5.28. The van der Waals surface area contributed by atoms with Crippen LogP contribution < -0.4 is 15.4 Å². The number of carbonyl (C=O) groups is 3. The van der Waals surface area contributed by atoms with Crippen molar-refractivity contribution in [1.82, 2.24) is 15.5 Å². The topological polar surface area (TPSA) is 97.0 Å². The zero-order valence-electron chi connectivity index (χ0n) is 14.6. The number of nitrogens with zero attached hydrogens (tertiary/aromatic N) is 1. The zero-order chi connectivity index (χ0) is 19.1. The lowest BCUT2D eigenvalue weighted by molar-refractivity contribution is -0.144. The second kappa shape index (κ2) is 9.14. The minimum absolute atomic E-state index is 0.0839. The van der Waals surface area contributed by atoms with Crippen LogP contribution in [-0.2, 0) is 14.3 Å². The van der Waals surface area contributed by atoms with Crippen molar-refractivity contribution in [3.63, 3.8) is 0 Å². The van der Waals surface area contributed by atoms with Gasteiger partial charge in [-0.1, -0.05) is 6.07 Å². The molecule has 1 aromatic carbocycles. The Morgan fingerprint density at radius 2 is 2.19 bits per heavy atom. The number of thiocarbonyl (C=S) groups is 1. The molecule has 0 unspecified atom stereocenters. The number of carbonyl (C=O) groups excluding carboxylic acids is 3. The van der Waals surface area contributed by atoms with Gasteiger partial charge in [0.05, 0.1) is 20.1 Å². The van der Waals surface area contributed by atoms with Gasteiger partial charge in [-0.25, -0.2) is 0 Å². The van der Waals surface area contributed by atoms with E-state index in [1.54, 1.807) is 24.3 Å². The van der Waals surface area contributed by atoms with E-state index in [1.165, 1.54) is 12.0 Å². The van der Waals surface area contributed by atoms with Gasteiger partial charge in [-0.2, -0.15) is 0 Å². The summed E-state index contributed by atoms with van der Waals surface area (Å²) in [4.78, 5) is 37.6. The summed E-state index contributed by atoms with van der Waals surface area (Å²) in [5.74, 6) is -0.710. The number of hydrogen-bond donors (Lipinski definition) is 2. The van der Waals surface area contributed by atoms with Gasteiger partial charge in [-0.3, -0.25) is 19.7 Å². The predicted octanol–water partition coefficient (Wildman–Crippen LogP) is 0.464. The summed E-state index contributed by atoms with van der Waals surface area (Å²) in [7, 11) is 1.25. The lowest BCUT2D eigenvalue weighted by Crippen LogP contribution is -2.60. The Morgan fingerprint density at radius 1 is 1.42 bits per heavy atom. The van der Waals surface area contributed by atoms with Crippen LogP contribution in [0.2, 0.25) is 0 Å². The van der Waals surface area contributed by atoms with Gasteiger partial charge in [0.2, 0.25) is 5.91 Å². The summed E-state index contributed by atoms with van der Waals surface area (Å²) in [6.45, 7) is 3.09. The molecular weight excluding hydrogens is 358 g/mol. The first-order valence-electron chi connectivity index (χ1n) is 8.15. The fourth-order valence-corrected chi connectivity index (χ4v) is 2.85. The number of ether oxygens (including phenoxy) is 2. The Bertz CT molecular complexity index is 709. The van der Waals surface area contributed by atoms with E-state index in [9.17, 15) is 14.4 Å². The molecule has 26 heavy (non-hydrogen) atoms. The average Bonchev–Trinajstić information content (AvgIpc) is 2.63. The van der Waals surface area contributed by atoms with E-state index in [0.29, 0.717) is 31.0 Å². The highest BCUT2D eigenvalue weighted by Crippen LogP contribution is 2.14. The van der Waals surface area contributed by atoms with Crippen molar-refractivity contribution in [2.75, 3.05) is 26.8 Å². The summed E-state index contributed by atoms with van der Waals surface area (Å²) in [6, 6.07) is 5.88. The Kier molecular flexibility index (Phi) is 6.90. The molecular formula is C17H21N3O5S. The van der Waals surface area contributed by atoms with Crippen molar-refractivity contribution in [2.45, 2.75) is 19.4 Å². The Balaban J connectivity index is 2.08. The normalized spacial score (nSPS) is 16.5. The highest BCUT2D eigenvalue weighted by Gasteiger charge is 2.34. The maximum Gasteiger partial charge on any atom is 0.308 e. The largest absolute Gasteiger partial charge is 0.494 e. The molecule has 1 aliphatic rings. The van der Waals surface area contributed by atoms with E-state index in [0.717, 1.165) is 0 Å². The van der Waals surface area contributed by atoms with E-state index in [-0.39, 0.29) is 17.4 Å². The molecule has 2 amide bonds. The number of esters is 1. The van der Waals surface area contributed by atoms with Crippen LogP contribution in [0.3, 0.4) is 0 Å². The van der Waals surface area contributed by atoms with Crippen molar-refractivity contribution in [1.29, 1.82) is 0 Å². The molecule has 0 radical (unpaired) electrons. The van der Waals surface area contributed by atoms with Crippen LogP contribution >= 0.6 is 12.2 Å². The fourth-order valence-electron chi connectivity index (χ4n) is 2.54. The molecule has 140 valence electrons. The molecule has 9 heteroatoms. The van der Waals surface area contributed by atoms with Gasteiger partial charge >= 0.3 is 5.97 Å². The standard InChI is InChI=1S/C17H21N3O5S/c1-3-25-12-6-4-5-11(9-12)15(22)19-17(26)20-8-7-18-16(23)13(20)10-14(21)24-2/h4-6,9,13H,3,7-8,10H2,1-2H3,(H,18,23)(H,19,22,26)/t13-/m1/s1. The monoisotopic (exact) mass is 379 g/mol. The summed E-state index contributed by atoms with van der Waals surface area (Å²) in [6.07, 6.45) is -0.155. The first-order valence-corrected chi connectivity index (χ1v) is 8.56. The van der Waals surface area contributed by atoms with E-state index in [1.807, 2.05) is 6.92 Å². The van der Waals surface area contributed by atoms with E-state index < -0.39 is 17.9 Å². The average molecular weight is 379 g/mol. The number of nitrogens with one attached hydrogen (secondary N) is 2. The molecule has 0 aromatic heterocycles. The second-order valence-electron chi connectivity index (χ2n) is 5.50. The van der Waals surface area contributed by atoms with Crippen LogP contribution in [0.5, 0.6) is 5.75 Å². The fraction of sp³-hybridized carbons (Fsp3) is 0.412. The second-order valence-corrected chi connectivity index (χ2v) is 5.89. The first-order chi connectivity index (χ1) is 12.5. The van der Waals surface area contributed by atoms with Gasteiger partial charge < -0.3 is 19.7 Å². The quantitative estimate of drug-likeness (QED) is 0.567. The number of hydrogen-bond acceptors (Lipinski definition) is 6. The third kappa shape index (κ3) is 4.92. The highest BCUT2D eigenvalue weighted by atomic mass is 32.1. The van der Waals surface area contributed by atoms with Crippen LogP contribution in [0.4, 0.5) is 0 Å². The molecule has 0 bridgehead atoms.